The highest BCUT2D eigenvalue weighted by Crippen LogP contribution is 2.20. The largest absolute Gasteiger partial charge is 0.497 e. The molecule has 0 bridgehead atoms. The minimum Gasteiger partial charge on any atom is -0.497 e. The molecule has 1 N–H and O–H groups in total. The average Bonchev–Trinajstić information content (AvgIpc) is 2.68. The Morgan fingerprint density at radius 2 is 2.07 bits per heavy atom. The number of likely N-dealkylation sites (N-methyl/N-ethyl adjacent to an activating group) is 1. The van der Waals surface area contributed by atoms with Crippen LogP contribution in [0.2, 0.25) is 0 Å². The van der Waals surface area contributed by atoms with Crippen molar-refractivity contribution in [2.75, 3.05) is 27.2 Å². The van der Waals surface area contributed by atoms with E-state index in [2.05, 4.69) is 4.98 Å². The Morgan fingerprint density at radius 1 is 1.30 bits per heavy atom. The number of carbonyl (C=O) groups excluding carboxylic acids is 2. The van der Waals surface area contributed by atoms with E-state index in [9.17, 15) is 14.4 Å². The van der Waals surface area contributed by atoms with E-state index in [1.807, 2.05) is 6.92 Å². The summed E-state index contributed by atoms with van der Waals surface area (Å²) in [6, 6.07) is 4.60. The maximum Gasteiger partial charge on any atom is 0.260 e. The van der Waals surface area contributed by atoms with Gasteiger partial charge in [0, 0.05) is 37.2 Å². The molecule has 27 heavy (non-hydrogen) atoms. The van der Waals surface area contributed by atoms with Crippen LogP contribution in [0.5, 0.6) is 5.75 Å². The average molecular weight is 371 g/mol. The monoisotopic (exact) mass is 371 g/mol. The second kappa shape index (κ2) is 7.82. The number of unbranched alkanes of at least 4 members (excludes halogenated alkanes) is 1. The number of carbonyl (C=O) groups is 2. The van der Waals surface area contributed by atoms with Crippen molar-refractivity contribution in [2.24, 2.45) is 0 Å². The van der Waals surface area contributed by atoms with Crippen molar-refractivity contribution in [3.8, 4) is 5.75 Å². The summed E-state index contributed by atoms with van der Waals surface area (Å²) in [5.74, 6) is 0.0821. The summed E-state index contributed by atoms with van der Waals surface area (Å²) in [5.41, 5.74) is 0.331. The van der Waals surface area contributed by atoms with Crippen LogP contribution < -0.4 is 10.2 Å². The van der Waals surface area contributed by atoms with Crippen molar-refractivity contribution >= 4 is 22.7 Å². The first-order valence-electron chi connectivity index (χ1n) is 9.23. The van der Waals surface area contributed by atoms with Crippen molar-refractivity contribution in [1.29, 1.82) is 0 Å². The van der Waals surface area contributed by atoms with Gasteiger partial charge < -0.3 is 19.5 Å². The van der Waals surface area contributed by atoms with E-state index < -0.39 is 11.9 Å². The number of amides is 2. The van der Waals surface area contributed by atoms with E-state index in [0.717, 1.165) is 12.8 Å². The maximum atomic E-state index is 13.1. The third kappa shape index (κ3) is 3.54. The minimum atomic E-state index is -0.517. The Balaban J connectivity index is 1.99. The fraction of sp³-hybridized carbons (Fsp3) is 0.450. The number of nitrogens with one attached hydrogen (secondary N) is 1. The van der Waals surface area contributed by atoms with Crippen molar-refractivity contribution < 1.29 is 14.3 Å². The van der Waals surface area contributed by atoms with Crippen LogP contribution in [-0.4, -0.2) is 59.9 Å². The van der Waals surface area contributed by atoms with Gasteiger partial charge in [0.05, 0.1) is 7.11 Å². The second-order valence-electron chi connectivity index (χ2n) is 6.86. The molecule has 3 rings (SSSR count). The standard InChI is InChI=1S/C20H25N3O4/c1-4-5-6-17-20(26)22(2)9-10-23(17)19(25)15-12-21-16-8-7-13(27-3)11-14(16)18(15)24/h7-8,11-12,17H,4-6,9-10H2,1-3H3,(H,21,24). The zero-order valence-corrected chi connectivity index (χ0v) is 15.9. The number of piperazine rings is 1. The van der Waals surface area contributed by atoms with Crippen LogP contribution in [0.1, 0.15) is 36.5 Å². The van der Waals surface area contributed by atoms with E-state index in [1.54, 1.807) is 35.0 Å². The summed E-state index contributed by atoms with van der Waals surface area (Å²) in [4.78, 5) is 44.9. The first-order valence-corrected chi connectivity index (χ1v) is 9.23. The molecule has 1 aromatic heterocycles. The Labute approximate surface area is 157 Å². The fourth-order valence-corrected chi connectivity index (χ4v) is 3.47. The number of hydrogen-bond donors (Lipinski definition) is 1. The maximum absolute atomic E-state index is 13.1. The normalized spacial score (nSPS) is 17.4. The number of H-pyrrole nitrogens is 1. The van der Waals surface area contributed by atoms with Gasteiger partial charge in [-0.25, -0.2) is 0 Å². The lowest BCUT2D eigenvalue weighted by atomic mass is 10.0. The number of hydrogen-bond acceptors (Lipinski definition) is 4. The molecule has 1 aliphatic rings. The molecule has 1 fully saturated rings. The van der Waals surface area contributed by atoms with Crippen LogP contribution >= 0.6 is 0 Å². The number of ether oxygens (including phenoxy) is 1. The molecule has 0 saturated carbocycles. The summed E-state index contributed by atoms with van der Waals surface area (Å²) in [6.07, 6.45) is 3.83. The molecule has 1 saturated heterocycles. The lowest BCUT2D eigenvalue weighted by Gasteiger charge is -2.39. The molecule has 0 spiro atoms. The fourth-order valence-electron chi connectivity index (χ4n) is 3.47. The van der Waals surface area contributed by atoms with Crippen molar-refractivity contribution in [3.63, 3.8) is 0 Å². The zero-order valence-electron chi connectivity index (χ0n) is 15.9. The first-order chi connectivity index (χ1) is 13.0. The van der Waals surface area contributed by atoms with Gasteiger partial charge in [-0.3, -0.25) is 14.4 Å². The number of fused-ring (bicyclic) bond motifs is 1. The van der Waals surface area contributed by atoms with E-state index in [-0.39, 0.29) is 16.9 Å². The summed E-state index contributed by atoms with van der Waals surface area (Å²) < 4.78 is 5.18. The molecular formula is C20H25N3O4. The number of pyridine rings is 1. The molecule has 2 amide bonds. The van der Waals surface area contributed by atoms with E-state index >= 15 is 0 Å². The van der Waals surface area contributed by atoms with Gasteiger partial charge in [-0.2, -0.15) is 0 Å². The second-order valence-corrected chi connectivity index (χ2v) is 6.86. The zero-order chi connectivity index (χ0) is 19.6. The third-order valence-electron chi connectivity index (χ3n) is 5.12. The molecule has 2 aromatic rings. The van der Waals surface area contributed by atoms with Crippen LogP contribution in [0.4, 0.5) is 0 Å². The molecule has 144 valence electrons. The topological polar surface area (TPSA) is 82.7 Å². The van der Waals surface area contributed by atoms with Crippen LogP contribution in [0, 0.1) is 0 Å². The molecule has 0 aliphatic carbocycles. The van der Waals surface area contributed by atoms with Gasteiger partial charge in [0.25, 0.3) is 5.91 Å². The highest BCUT2D eigenvalue weighted by molar-refractivity contribution is 6.00. The third-order valence-corrected chi connectivity index (χ3v) is 5.12. The molecule has 7 heteroatoms. The number of aromatic nitrogens is 1. The number of nitrogens with zero attached hydrogens (tertiary/aromatic N) is 2. The van der Waals surface area contributed by atoms with Crippen LogP contribution in [0.3, 0.4) is 0 Å². The molecule has 7 nitrogen and oxygen atoms in total. The Kier molecular flexibility index (Phi) is 5.48. The van der Waals surface area contributed by atoms with Gasteiger partial charge in [0.2, 0.25) is 11.3 Å². The van der Waals surface area contributed by atoms with Crippen molar-refractivity contribution in [3.05, 3.63) is 40.2 Å². The molecule has 2 heterocycles. The first kappa shape index (κ1) is 18.9. The molecule has 1 unspecified atom stereocenters. The predicted octanol–water partition coefficient (Wildman–Crippen LogP) is 2.01. The summed E-state index contributed by atoms with van der Waals surface area (Å²) >= 11 is 0. The molecule has 0 radical (unpaired) electrons. The van der Waals surface area contributed by atoms with Gasteiger partial charge in [-0.1, -0.05) is 19.8 Å². The predicted molar refractivity (Wildman–Crippen MR) is 103 cm³/mol. The quantitative estimate of drug-likeness (QED) is 0.872. The Bertz CT molecular complexity index is 921. The smallest absolute Gasteiger partial charge is 0.260 e. The molecule has 1 aliphatic heterocycles. The lowest BCUT2D eigenvalue weighted by Crippen LogP contribution is -2.58. The van der Waals surface area contributed by atoms with Crippen LogP contribution in [0.15, 0.2) is 29.2 Å². The SMILES string of the molecule is CCCCC1C(=O)N(C)CCN1C(=O)c1c[nH]c2ccc(OC)cc2c1=O. The summed E-state index contributed by atoms with van der Waals surface area (Å²) in [7, 11) is 3.27. The number of methoxy groups -OCH3 is 1. The number of aromatic amines is 1. The molecule has 1 aromatic carbocycles. The number of rotatable bonds is 5. The van der Waals surface area contributed by atoms with E-state index in [4.69, 9.17) is 4.74 Å². The van der Waals surface area contributed by atoms with Gasteiger partial charge in [0.15, 0.2) is 0 Å². The van der Waals surface area contributed by atoms with Crippen molar-refractivity contribution in [1.82, 2.24) is 14.8 Å². The molecule has 1 atom stereocenters. The number of benzene rings is 1. The van der Waals surface area contributed by atoms with Gasteiger partial charge in [-0.15, -0.1) is 0 Å². The lowest BCUT2D eigenvalue weighted by molar-refractivity contribution is -0.138. The van der Waals surface area contributed by atoms with Gasteiger partial charge in [0.1, 0.15) is 17.4 Å². The van der Waals surface area contributed by atoms with Gasteiger partial charge in [-0.05, 0) is 24.6 Å². The van der Waals surface area contributed by atoms with E-state index in [0.29, 0.717) is 36.2 Å². The van der Waals surface area contributed by atoms with Crippen LogP contribution in [-0.2, 0) is 4.79 Å². The summed E-state index contributed by atoms with van der Waals surface area (Å²) in [6.45, 7) is 2.93. The Hall–Kier alpha value is -2.83. The highest BCUT2D eigenvalue weighted by Gasteiger charge is 2.36. The van der Waals surface area contributed by atoms with Crippen molar-refractivity contribution in [2.45, 2.75) is 32.2 Å². The highest BCUT2D eigenvalue weighted by atomic mass is 16.5. The minimum absolute atomic E-state index is 0.0506. The van der Waals surface area contributed by atoms with Crippen LogP contribution in [0.25, 0.3) is 10.9 Å². The summed E-state index contributed by atoms with van der Waals surface area (Å²) in [5, 5.41) is 0.394. The van der Waals surface area contributed by atoms with E-state index in [1.165, 1.54) is 13.3 Å². The molecular weight excluding hydrogens is 346 g/mol. The van der Waals surface area contributed by atoms with Gasteiger partial charge >= 0.3 is 0 Å². The Morgan fingerprint density at radius 3 is 2.78 bits per heavy atom.